The number of H-pyrrole nitrogens is 1. The molecule has 1 aromatic heterocycles. The van der Waals surface area contributed by atoms with Crippen LogP contribution in [0.5, 0.6) is 0 Å². The van der Waals surface area contributed by atoms with E-state index in [0.717, 1.165) is 55.6 Å². The Balaban J connectivity index is 1.37. The summed E-state index contributed by atoms with van der Waals surface area (Å²) in [5.41, 5.74) is 2.02. The van der Waals surface area contributed by atoms with Crippen molar-refractivity contribution in [1.29, 1.82) is 0 Å². The van der Waals surface area contributed by atoms with Crippen LogP contribution in [0.25, 0.3) is 10.9 Å². The number of rotatable bonds is 4. The first-order valence-corrected chi connectivity index (χ1v) is 9.45. The average molecular weight is 371 g/mol. The van der Waals surface area contributed by atoms with Gasteiger partial charge in [0.15, 0.2) is 5.82 Å². The van der Waals surface area contributed by atoms with E-state index in [1.165, 1.54) is 10.5 Å². The molecule has 2 aromatic carbocycles. The molecular formula is C20H23ClN4O+2. The first kappa shape index (κ1) is 17.2. The molecule has 5 nitrogen and oxygen atoms in total. The molecule has 1 saturated heterocycles. The first-order chi connectivity index (χ1) is 12.7. The number of para-hydroxylation sites is 1. The minimum atomic E-state index is -0.0461. The van der Waals surface area contributed by atoms with E-state index < -0.39 is 0 Å². The van der Waals surface area contributed by atoms with Crippen LogP contribution in [0.1, 0.15) is 11.4 Å². The van der Waals surface area contributed by atoms with Crippen molar-refractivity contribution in [2.75, 3.05) is 26.2 Å². The van der Waals surface area contributed by atoms with E-state index in [9.17, 15) is 4.79 Å². The second-order valence-corrected chi connectivity index (χ2v) is 7.45. The number of aromatic amines is 1. The molecule has 0 aliphatic carbocycles. The van der Waals surface area contributed by atoms with Gasteiger partial charge in [0.25, 0.3) is 5.56 Å². The molecule has 0 bridgehead atoms. The molecule has 3 aromatic rings. The SMILES string of the molecule is O=c1[nH]c(C[NH+]2CC[NH+](Cc3cccc(Cl)c3)CC2)nc2ccccc12. The molecule has 3 N–H and O–H groups in total. The zero-order chi connectivity index (χ0) is 17.9. The van der Waals surface area contributed by atoms with Gasteiger partial charge < -0.3 is 14.8 Å². The summed E-state index contributed by atoms with van der Waals surface area (Å²) in [5.74, 6) is 0.780. The second-order valence-electron chi connectivity index (χ2n) is 7.01. The largest absolute Gasteiger partial charge is 0.322 e. The minimum Gasteiger partial charge on any atom is -0.322 e. The number of piperazine rings is 1. The van der Waals surface area contributed by atoms with Crippen molar-refractivity contribution in [1.82, 2.24) is 9.97 Å². The molecule has 0 radical (unpaired) electrons. The fraction of sp³-hybridized carbons (Fsp3) is 0.300. The summed E-state index contributed by atoms with van der Waals surface area (Å²) >= 11 is 6.08. The summed E-state index contributed by atoms with van der Waals surface area (Å²) in [6.07, 6.45) is 0. The molecule has 1 aliphatic rings. The third kappa shape index (κ3) is 3.96. The Labute approximate surface area is 157 Å². The van der Waals surface area contributed by atoms with Gasteiger partial charge in [0, 0.05) is 10.6 Å². The molecule has 6 heteroatoms. The van der Waals surface area contributed by atoms with E-state index in [2.05, 4.69) is 22.1 Å². The van der Waals surface area contributed by atoms with Gasteiger partial charge >= 0.3 is 0 Å². The van der Waals surface area contributed by atoms with Crippen LogP contribution in [0.2, 0.25) is 5.02 Å². The maximum atomic E-state index is 12.2. The molecule has 0 saturated carbocycles. The van der Waals surface area contributed by atoms with Crippen LogP contribution in [-0.2, 0) is 13.1 Å². The standard InChI is InChI=1S/C20H21ClN4O/c21-16-5-3-4-15(12-16)13-24-8-10-25(11-9-24)14-19-22-18-7-2-1-6-17(18)20(26)23-19/h1-7,12H,8-11,13-14H2,(H,22,23,26)/p+2. The van der Waals surface area contributed by atoms with E-state index in [1.807, 2.05) is 36.4 Å². The van der Waals surface area contributed by atoms with Crippen molar-refractivity contribution in [3.8, 4) is 0 Å². The number of fused-ring (bicyclic) bond motifs is 1. The van der Waals surface area contributed by atoms with E-state index in [4.69, 9.17) is 11.6 Å². The number of aromatic nitrogens is 2. The van der Waals surface area contributed by atoms with Crippen molar-refractivity contribution in [3.05, 3.63) is 75.3 Å². The van der Waals surface area contributed by atoms with Gasteiger partial charge in [0.05, 0.1) is 10.9 Å². The summed E-state index contributed by atoms with van der Waals surface area (Å²) in [5, 5.41) is 1.46. The van der Waals surface area contributed by atoms with Gasteiger partial charge in [-0.05, 0) is 24.3 Å². The normalized spacial score (nSPS) is 20.3. The highest BCUT2D eigenvalue weighted by molar-refractivity contribution is 6.30. The van der Waals surface area contributed by atoms with Gasteiger partial charge in [-0.3, -0.25) is 4.79 Å². The molecule has 2 heterocycles. The van der Waals surface area contributed by atoms with Crippen LogP contribution >= 0.6 is 11.6 Å². The molecule has 0 atom stereocenters. The minimum absolute atomic E-state index is 0.0461. The molecule has 1 fully saturated rings. The number of hydrogen-bond donors (Lipinski definition) is 3. The van der Waals surface area contributed by atoms with Gasteiger partial charge in [-0.15, -0.1) is 0 Å². The maximum Gasteiger partial charge on any atom is 0.258 e. The Hall–Kier alpha value is -2.21. The van der Waals surface area contributed by atoms with Crippen LogP contribution in [0.4, 0.5) is 0 Å². The smallest absolute Gasteiger partial charge is 0.258 e. The third-order valence-electron chi connectivity index (χ3n) is 5.09. The second kappa shape index (κ2) is 7.58. The lowest BCUT2D eigenvalue weighted by Crippen LogP contribution is -3.27. The zero-order valence-corrected chi connectivity index (χ0v) is 15.4. The average Bonchev–Trinajstić information content (AvgIpc) is 2.64. The summed E-state index contributed by atoms with van der Waals surface area (Å²) in [7, 11) is 0. The van der Waals surface area contributed by atoms with Gasteiger partial charge in [-0.25, -0.2) is 4.98 Å². The van der Waals surface area contributed by atoms with Gasteiger partial charge in [0.2, 0.25) is 0 Å². The lowest BCUT2D eigenvalue weighted by atomic mass is 10.2. The highest BCUT2D eigenvalue weighted by Crippen LogP contribution is 2.09. The highest BCUT2D eigenvalue weighted by Gasteiger charge is 2.24. The molecule has 0 amide bonds. The molecule has 134 valence electrons. The zero-order valence-electron chi connectivity index (χ0n) is 14.6. The van der Waals surface area contributed by atoms with Crippen molar-refractivity contribution in [3.63, 3.8) is 0 Å². The van der Waals surface area contributed by atoms with E-state index >= 15 is 0 Å². The van der Waals surface area contributed by atoms with Gasteiger partial charge in [-0.1, -0.05) is 35.9 Å². The van der Waals surface area contributed by atoms with E-state index in [-0.39, 0.29) is 5.56 Å². The van der Waals surface area contributed by atoms with Crippen molar-refractivity contribution in [2.45, 2.75) is 13.1 Å². The highest BCUT2D eigenvalue weighted by atomic mass is 35.5. The first-order valence-electron chi connectivity index (χ1n) is 9.07. The fourth-order valence-corrected chi connectivity index (χ4v) is 3.91. The predicted octanol–water partition coefficient (Wildman–Crippen LogP) is 0.0601. The van der Waals surface area contributed by atoms with Crippen molar-refractivity contribution in [2.24, 2.45) is 0 Å². The third-order valence-corrected chi connectivity index (χ3v) is 5.32. The lowest BCUT2D eigenvalue weighted by molar-refractivity contribution is -1.02. The topological polar surface area (TPSA) is 54.6 Å². The van der Waals surface area contributed by atoms with Crippen molar-refractivity contribution < 1.29 is 9.80 Å². The number of benzene rings is 2. The molecular weight excluding hydrogens is 348 g/mol. The maximum absolute atomic E-state index is 12.2. The summed E-state index contributed by atoms with van der Waals surface area (Å²) in [6, 6.07) is 15.6. The Morgan fingerprint density at radius 2 is 1.69 bits per heavy atom. The summed E-state index contributed by atoms with van der Waals surface area (Å²) in [4.78, 5) is 22.8. The Kier molecular flexibility index (Phi) is 5.02. The summed E-state index contributed by atoms with van der Waals surface area (Å²) in [6.45, 7) is 6.15. The predicted molar refractivity (Wildman–Crippen MR) is 103 cm³/mol. The molecule has 4 rings (SSSR count). The van der Waals surface area contributed by atoms with Crippen LogP contribution in [0.15, 0.2) is 53.3 Å². The van der Waals surface area contributed by atoms with E-state index in [0.29, 0.717) is 5.39 Å². The number of hydrogen-bond acceptors (Lipinski definition) is 2. The van der Waals surface area contributed by atoms with Crippen LogP contribution in [-0.4, -0.2) is 36.1 Å². The lowest BCUT2D eigenvalue weighted by Gasteiger charge is -2.29. The monoisotopic (exact) mass is 370 g/mol. The van der Waals surface area contributed by atoms with E-state index in [1.54, 1.807) is 4.90 Å². The summed E-state index contributed by atoms with van der Waals surface area (Å²) < 4.78 is 0. The molecule has 1 aliphatic heterocycles. The Morgan fingerprint density at radius 3 is 2.46 bits per heavy atom. The van der Waals surface area contributed by atoms with Crippen LogP contribution < -0.4 is 15.4 Å². The quantitative estimate of drug-likeness (QED) is 0.608. The molecule has 26 heavy (non-hydrogen) atoms. The Bertz CT molecular complexity index is 963. The number of nitrogens with zero attached hydrogens (tertiary/aromatic N) is 1. The number of nitrogens with one attached hydrogen (secondary N) is 3. The number of quaternary nitrogens is 2. The van der Waals surface area contributed by atoms with Gasteiger partial charge in [0.1, 0.15) is 39.3 Å². The van der Waals surface area contributed by atoms with Crippen molar-refractivity contribution >= 4 is 22.5 Å². The molecule has 0 unspecified atom stereocenters. The van der Waals surface area contributed by atoms with Gasteiger partial charge in [-0.2, -0.15) is 0 Å². The number of halogens is 1. The fourth-order valence-electron chi connectivity index (χ4n) is 3.70. The van der Waals surface area contributed by atoms with Crippen LogP contribution in [0.3, 0.4) is 0 Å². The van der Waals surface area contributed by atoms with Crippen LogP contribution in [0, 0.1) is 0 Å². The Morgan fingerprint density at radius 1 is 0.962 bits per heavy atom. The molecule has 0 spiro atoms.